The van der Waals surface area contributed by atoms with E-state index in [2.05, 4.69) is 76.2 Å². The Balaban J connectivity index is 2.35. The van der Waals surface area contributed by atoms with Gasteiger partial charge in [-0.15, -0.1) is 0 Å². The van der Waals surface area contributed by atoms with E-state index in [-0.39, 0.29) is 5.54 Å². The maximum Gasteiger partial charge on any atom is 0.0358 e. The molecule has 0 radical (unpaired) electrons. The Morgan fingerprint density at radius 1 is 0.857 bits per heavy atom. The number of fused-ring (bicyclic) bond motifs is 3. The Labute approximate surface area is 126 Å². The first-order valence-corrected chi connectivity index (χ1v) is 7.62. The summed E-state index contributed by atoms with van der Waals surface area (Å²) in [6, 6.07) is 17.7. The SMILES string of the molecule is CC(C)c1ccc2c(ccc3c(C(C)(C)N)cccc32)c1. The largest absolute Gasteiger partial charge is 0.322 e. The van der Waals surface area contributed by atoms with Gasteiger partial charge in [0, 0.05) is 5.54 Å². The fourth-order valence-electron chi connectivity index (χ4n) is 3.04. The van der Waals surface area contributed by atoms with E-state index in [1.807, 2.05) is 0 Å². The molecule has 0 aromatic heterocycles. The van der Waals surface area contributed by atoms with Crippen LogP contribution in [0, 0.1) is 0 Å². The normalized spacial score (nSPS) is 12.5. The summed E-state index contributed by atoms with van der Waals surface area (Å²) in [5.41, 5.74) is 8.59. The van der Waals surface area contributed by atoms with E-state index in [0.29, 0.717) is 5.92 Å². The Bertz CT molecular complexity index is 807. The molecule has 0 bridgehead atoms. The molecule has 0 amide bonds. The molecular formula is C20H23N. The summed E-state index contributed by atoms with van der Waals surface area (Å²) >= 11 is 0. The molecule has 21 heavy (non-hydrogen) atoms. The van der Waals surface area contributed by atoms with E-state index in [9.17, 15) is 0 Å². The van der Waals surface area contributed by atoms with E-state index in [1.165, 1.54) is 32.7 Å². The minimum Gasteiger partial charge on any atom is -0.322 e. The first kappa shape index (κ1) is 14.1. The van der Waals surface area contributed by atoms with Crippen LogP contribution in [-0.2, 0) is 5.54 Å². The van der Waals surface area contributed by atoms with Crippen LogP contribution in [-0.4, -0.2) is 0 Å². The Morgan fingerprint density at radius 2 is 1.57 bits per heavy atom. The first-order valence-electron chi connectivity index (χ1n) is 7.62. The molecule has 0 unspecified atom stereocenters. The lowest BCUT2D eigenvalue weighted by atomic mass is 9.88. The van der Waals surface area contributed by atoms with Crippen LogP contribution in [0.25, 0.3) is 21.5 Å². The average Bonchev–Trinajstić information content (AvgIpc) is 2.44. The topological polar surface area (TPSA) is 26.0 Å². The van der Waals surface area contributed by atoms with Crippen molar-refractivity contribution in [2.24, 2.45) is 5.73 Å². The van der Waals surface area contributed by atoms with Crippen LogP contribution >= 0.6 is 0 Å². The maximum absolute atomic E-state index is 6.33. The second-order valence-electron chi connectivity index (χ2n) is 6.82. The minimum atomic E-state index is -0.328. The molecule has 1 nitrogen and oxygen atoms in total. The van der Waals surface area contributed by atoms with Crippen LogP contribution in [0.5, 0.6) is 0 Å². The van der Waals surface area contributed by atoms with Crippen molar-refractivity contribution in [2.45, 2.75) is 39.2 Å². The molecule has 0 saturated heterocycles. The number of benzene rings is 3. The molecule has 2 N–H and O–H groups in total. The number of nitrogens with two attached hydrogens (primary N) is 1. The summed E-state index contributed by atoms with van der Waals surface area (Å²) in [6.45, 7) is 8.59. The smallest absolute Gasteiger partial charge is 0.0358 e. The van der Waals surface area contributed by atoms with Crippen molar-refractivity contribution in [1.29, 1.82) is 0 Å². The van der Waals surface area contributed by atoms with Gasteiger partial charge in [0.2, 0.25) is 0 Å². The molecule has 0 saturated carbocycles. The van der Waals surface area contributed by atoms with Gasteiger partial charge in [-0.1, -0.05) is 62.4 Å². The minimum absolute atomic E-state index is 0.328. The molecule has 108 valence electrons. The van der Waals surface area contributed by atoms with E-state index in [0.717, 1.165) is 0 Å². The van der Waals surface area contributed by atoms with Gasteiger partial charge in [-0.3, -0.25) is 0 Å². The zero-order valence-electron chi connectivity index (χ0n) is 13.3. The van der Waals surface area contributed by atoms with Gasteiger partial charge in [-0.2, -0.15) is 0 Å². The summed E-state index contributed by atoms with van der Waals surface area (Å²) in [4.78, 5) is 0. The molecule has 3 rings (SSSR count). The quantitative estimate of drug-likeness (QED) is 0.631. The van der Waals surface area contributed by atoms with E-state index in [4.69, 9.17) is 5.73 Å². The van der Waals surface area contributed by atoms with Gasteiger partial charge < -0.3 is 5.73 Å². The van der Waals surface area contributed by atoms with Gasteiger partial charge in [-0.05, 0) is 52.4 Å². The molecule has 0 fully saturated rings. The highest BCUT2D eigenvalue weighted by Gasteiger charge is 2.17. The second-order valence-corrected chi connectivity index (χ2v) is 6.82. The highest BCUT2D eigenvalue weighted by Crippen LogP contribution is 2.33. The summed E-state index contributed by atoms with van der Waals surface area (Å²) in [7, 11) is 0. The molecule has 0 aliphatic rings. The molecule has 0 atom stereocenters. The van der Waals surface area contributed by atoms with Gasteiger partial charge in [0.1, 0.15) is 0 Å². The zero-order valence-corrected chi connectivity index (χ0v) is 13.3. The van der Waals surface area contributed by atoms with Gasteiger partial charge >= 0.3 is 0 Å². The van der Waals surface area contributed by atoms with Crippen LogP contribution < -0.4 is 5.73 Å². The van der Waals surface area contributed by atoms with Crippen molar-refractivity contribution in [3.05, 3.63) is 59.7 Å². The van der Waals surface area contributed by atoms with Gasteiger partial charge in [-0.25, -0.2) is 0 Å². The zero-order chi connectivity index (χ0) is 15.2. The van der Waals surface area contributed by atoms with Crippen LogP contribution in [0.2, 0.25) is 0 Å². The van der Waals surface area contributed by atoms with E-state index >= 15 is 0 Å². The second kappa shape index (κ2) is 4.85. The van der Waals surface area contributed by atoms with Crippen LogP contribution in [0.3, 0.4) is 0 Å². The van der Waals surface area contributed by atoms with E-state index < -0.39 is 0 Å². The van der Waals surface area contributed by atoms with Gasteiger partial charge in [0.15, 0.2) is 0 Å². The summed E-state index contributed by atoms with van der Waals surface area (Å²) in [5.74, 6) is 0.555. The molecule has 3 aromatic carbocycles. The number of hydrogen-bond acceptors (Lipinski definition) is 1. The molecule has 3 aromatic rings. The monoisotopic (exact) mass is 277 g/mol. The lowest BCUT2D eigenvalue weighted by Gasteiger charge is -2.22. The lowest BCUT2D eigenvalue weighted by Crippen LogP contribution is -2.28. The maximum atomic E-state index is 6.33. The number of hydrogen-bond donors (Lipinski definition) is 1. The first-order chi connectivity index (χ1) is 9.88. The van der Waals surface area contributed by atoms with Crippen LogP contribution in [0.1, 0.15) is 44.7 Å². The van der Waals surface area contributed by atoms with Crippen molar-refractivity contribution in [3.8, 4) is 0 Å². The van der Waals surface area contributed by atoms with Crippen molar-refractivity contribution in [1.82, 2.24) is 0 Å². The highest BCUT2D eigenvalue weighted by atomic mass is 14.7. The number of rotatable bonds is 2. The predicted molar refractivity (Wildman–Crippen MR) is 92.8 cm³/mol. The fraction of sp³-hybridized carbons (Fsp3) is 0.300. The average molecular weight is 277 g/mol. The Hall–Kier alpha value is -1.86. The Morgan fingerprint density at radius 3 is 2.24 bits per heavy atom. The molecule has 0 aliphatic heterocycles. The van der Waals surface area contributed by atoms with Gasteiger partial charge in [0.05, 0.1) is 0 Å². The third-order valence-electron chi connectivity index (χ3n) is 4.26. The third-order valence-corrected chi connectivity index (χ3v) is 4.26. The lowest BCUT2D eigenvalue weighted by molar-refractivity contribution is 0.560. The van der Waals surface area contributed by atoms with Gasteiger partial charge in [0.25, 0.3) is 0 Å². The summed E-state index contributed by atoms with van der Waals surface area (Å²) in [5, 5.41) is 5.16. The molecule has 0 aliphatic carbocycles. The van der Waals surface area contributed by atoms with Crippen LogP contribution in [0.4, 0.5) is 0 Å². The molecule has 0 heterocycles. The third kappa shape index (κ3) is 2.43. The van der Waals surface area contributed by atoms with Crippen molar-refractivity contribution in [3.63, 3.8) is 0 Å². The standard InChI is InChI=1S/C20H23N/c1-13(2)14-8-10-16-15(12-14)9-11-18-17(16)6-5-7-19(18)20(3,4)21/h5-13H,21H2,1-4H3. The molecular weight excluding hydrogens is 254 g/mol. The van der Waals surface area contributed by atoms with Crippen molar-refractivity contribution in [2.75, 3.05) is 0 Å². The van der Waals surface area contributed by atoms with Crippen molar-refractivity contribution < 1.29 is 0 Å². The van der Waals surface area contributed by atoms with Crippen LogP contribution in [0.15, 0.2) is 48.5 Å². The summed E-state index contributed by atoms with van der Waals surface area (Å²) < 4.78 is 0. The summed E-state index contributed by atoms with van der Waals surface area (Å²) in [6.07, 6.45) is 0. The Kier molecular flexibility index (Phi) is 3.26. The highest BCUT2D eigenvalue weighted by molar-refractivity contribution is 6.08. The molecule has 1 heteroatoms. The predicted octanol–water partition coefficient (Wildman–Crippen LogP) is 5.31. The van der Waals surface area contributed by atoms with E-state index in [1.54, 1.807) is 0 Å². The van der Waals surface area contributed by atoms with Crippen molar-refractivity contribution >= 4 is 21.5 Å². The molecule has 0 spiro atoms. The fourth-order valence-corrected chi connectivity index (χ4v) is 3.04.